The van der Waals surface area contributed by atoms with Gasteiger partial charge in [-0.25, -0.2) is 9.78 Å². The van der Waals surface area contributed by atoms with E-state index in [1.54, 1.807) is 12.3 Å². The lowest BCUT2D eigenvalue weighted by molar-refractivity contribution is -0.137. The Bertz CT molecular complexity index is 692. The monoisotopic (exact) mass is 340 g/mol. The van der Waals surface area contributed by atoms with Crippen molar-refractivity contribution in [3.8, 4) is 0 Å². The first-order valence-corrected chi connectivity index (χ1v) is 8.84. The standard InChI is InChI=1S/C21H28N2O2/c1-5-25-20(24)15-18(7-6-13-23-14-12-22-16-23)17-8-10-19(11-9-17)21(2,3)4/h8-12,14-16H,5-7,13H2,1-4H3/b18-15+. The van der Waals surface area contributed by atoms with Crippen molar-refractivity contribution in [2.75, 3.05) is 6.61 Å². The first kappa shape index (κ1) is 19.0. The number of carbonyl (C=O) groups excluding carboxylic acids is 1. The molecule has 0 atom stereocenters. The second-order valence-electron chi connectivity index (χ2n) is 7.15. The van der Waals surface area contributed by atoms with E-state index in [2.05, 4.69) is 50.0 Å². The Kier molecular flexibility index (Phi) is 6.57. The molecular formula is C21H28N2O2. The van der Waals surface area contributed by atoms with Gasteiger partial charge in [0.1, 0.15) is 0 Å². The zero-order valence-corrected chi connectivity index (χ0v) is 15.7. The molecule has 0 unspecified atom stereocenters. The molecule has 1 aromatic carbocycles. The fourth-order valence-corrected chi connectivity index (χ4v) is 2.68. The zero-order chi connectivity index (χ0) is 18.3. The number of nitrogens with zero attached hydrogens (tertiary/aromatic N) is 2. The van der Waals surface area contributed by atoms with Gasteiger partial charge in [-0.05, 0) is 41.9 Å². The van der Waals surface area contributed by atoms with E-state index in [-0.39, 0.29) is 11.4 Å². The number of esters is 1. The molecule has 2 aromatic rings. The van der Waals surface area contributed by atoms with Crippen molar-refractivity contribution in [1.82, 2.24) is 9.55 Å². The molecule has 4 heteroatoms. The average molecular weight is 340 g/mol. The molecule has 0 saturated heterocycles. The van der Waals surface area contributed by atoms with Crippen molar-refractivity contribution >= 4 is 11.5 Å². The second-order valence-corrected chi connectivity index (χ2v) is 7.15. The van der Waals surface area contributed by atoms with Crippen LogP contribution in [0.4, 0.5) is 0 Å². The Labute approximate surface area is 150 Å². The van der Waals surface area contributed by atoms with Crippen LogP contribution >= 0.6 is 0 Å². The summed E-state index contributed by atoms with van der Waals surface area (Å²) in [4.78, 5) is 16.0. The Hall–Kier alpha value is -2.36. The minimum Gasteiger partial charge on any atom is -0.463 e. The van der Waals surface area contributed by atoms with Crippen molar-refractivity contribution in [3.05, 3.63) is 60.2 Å². The van der Waals surface area contributed by atoms with Crippen molar-refractivity contribution in [1.29, 1.82) is 0 Å². The van der Waals surface area contributed by atoms with Crippen LogP contribution in [0.2, 0.25) is 0 Å². The molecule has 1 heterocycles. The molecule has 134 valence electrons. The van der Waals surface area contributed by atoms with Crippen molar-refractivity contribution in [2.24, 2.45) is 0 Å². The Morgan fingerprint density at radius 2 is 1.96 bits per heavy atom. The maximum Gasteiger partial charge on any atom is 0.331 e. The Morgan fingerprint density at radius 1 is 1.24 bits per heavy atom. The first-order chi connectivity index (χ1) is 11.9. The summed E-state index contributed by atoms with van der Waals surface area (Å²) in [6.45, 7) is 9.68. The lowest BCUT2D eigenvalue weighted by atomic mass is 9.86. The number of aromatic nitrogens is 2. The van der Waals surface area contributed by atoms with Crippen LogP contribution in [0.15, 0.2) is 49.1 Å². The molecule has 4 nitrogen and oxygen atoms in total. The number of imidazole rings is 1. The largest absolute Gasteiger partial charge is 0.463 e. The van der Waals surface area contributed by atoms with Gasteiger partial charge in [0, 0.05) is 25.0 Å². The van der Waals surface area contributed by atoms with Gasteiger partial charge in [-0.2, -0.15) is 0 Å². The van der Waals surface area contributed by atoms with Gasteiger partial charge < -0.3 is 9.30 Å². The van der Waals surface area contributed by atoms with Crippen LogP contribution in [-0.2, 0) is 21.5 Å². The SMILES string of the molecule is CCOC(=O)/C=C(\CCCn1ccnc1)c1ccc(C(C)(C)C)cc1. The zero-order valence-electron chi connectivity index (χ0n) is 15.7. The average Bonchev–Trinajstić information content (AvgIpc) is 3.07. The molecule has 1 aromatic heterocycles. The number of allylic oxidation sites excluding steroid dienone is 1. The highest BCUT2D eigenvalue weighted by Gasteiger charge is 2.14. The smallest absolute Gasteiger partial charge is 0.331 e. The third-order valence-corrected chi connectivity index (χ3v) is 4.12. The van der Waals surface area contributed by atoms with Crippen LogP contribution < -0.4 is 0 Å². The van der Waals surface area contributed by atoms with E-state index in [0.717, 1.165) is 30.5 Å². The summed E-state index contributed by atoms with van der Waals surface area (Å²) < 4.78 is 7.14. The van der Waals surface area contributed by atoms with Gasteiger partial charge in [0.05, 0.1) is 12.9 Å². The number of hydrogen-bond acceptors (Lipinski definition) is 3. The number of rotatable bonds is 7. The number of ether oxygens (including phenoxy) is 1. The molecule has 2 rings (SSSR count). The van der Waals surface area contributed by atoms with Crippen LogP contribution in [0.3, 0.4) is 0 Å². The lowest BCUT2D eigenvalue weighted by Crippen LogP contribution is -2.10. The van der Waals surface area contributed by atoms with Crippen molar-refractivity contribution < 1.29 is 9.53 Å². The minimum atomic E-state index is -0.278. The highest BCUT2D eigenvalue weighted by molar-refractivity contribution is 5.91. The lowest BCUT2D eigenvalue weighted by Gasteiger charge is -2.19. The molecule has 0 bridgehead atoms. The van der Waals surface area contributed by atoms with E-state index in [1.165, 1.54) is 5.56 Å². The third-order valence-electron chi connectivity index (χ3n) is 4.12. The summed E-state index contributed by atoms with van der Waals surface area (Å²) in [7, 11) is 0. The second kappa shape index (κ2) is 8.65. The molecule has 0 fully saturated rings. The summed E-state index contributed by atoms with van der Waals surface area (Å²) in [6, 6.07) is 8.49. The predicted octanol–water partition coefficient (Wildman–Crippen LogP) is 4.61. The number of benzene rings is 1. The topological polar surface area (TPSA) is 44.1 Å². The molecule has 0 saturated carbocycles. The molecule has 0 spiro atoms. The minimum absolute atomic E-state index is 0.116. The third kappa shape index (κ3) is 5.89. The van der Waals surface area contributed by atoms with Gasteiger partial charge in [-0.3, -0.25) is 0 Å². The maximum atomic E-state index is 11.9. The van der Waals surface area contributed by atoms with Crippen LogP contribution in [0, 0.1) is 0 Å². The van der Waals surface area contributed by atoms with E-state index in [9.17, 15) is 4.79 Å². The van der Waals surface area contributed by atoms with Gasteiger partial charge in [0.15, 0.2) is 0 Å². The van der Waals surface area contributed by atoms with Gasteiger partial charge in [0.25, 0.3) is 0 Å². The highest BCUT2D eigenvalue weighted by atomic mass is 16.5. The Balaban J connectivity index is 2.14. The first-order valence-electron chi connectivity index (χ1n) is 8.84. The molecule has 0 aliphatic heterocycles. The van der Waals surface area contributed by atoms with E-state index in [4.69, 9.17) is 4.74 Å². The summed E-state index contributed by atoms with van der Waals surface area (Å²) in [5, 5.41) is 0. The fourth-order valence-electron chi connectivity index (χ4n) is 2.68. The molecule has 0 amide bonds. The van der Waals surface area contributed by atoms with E-state index >= 15 is 0 Å². The van der Waals surface area contributed by atoms with Crippen LogP contribution in [0.5, 0.6) is 0 Å². The van der Waals surface area contributed by atoms with Gasteiger partial charge in [-0.1, -0.05) is 45.0 Å². The van der Waals surface area contributed by atoms with Crippen molar-refractivity contribution in [3.63, 3.8) is 0 Å². The van der Waals surface area contributed by atoms with E-state index < -0.39 is 0 Å². The number of hydrogen-bond donors (Lipinski definition) is 0. The molecule has 0 aliphatic carbocycles. The Morgan fingerprint density at radius 3 is 2.52 bits per heavy atom. The molecule has 0 radical (unpaired) electrons. The van der Waals surface area contributed by atoms with E-state index in [1.807, 2.05) is 24.0 Å². The summed E-state index contributed by atoms with van der Waals surface area (Å²) >= 11 is 0. The molecular weight excluding hydrogens is 312 g/mol. The predicted molar refractivity (Wildman–Crippen MR) is 101 cm³/mol. The summed E-state index contributed by atoms with van der Waals surface area (Å²) in [5.74, 6) is -0.278. The maximum absolute atomic E-state index is 11.9. The fraction of sp³-hybridized carbons (Fsp3) is 0.429. The van der Waals surface area contributed by atoms with E-state index in [0.29, 0.717) is 6.61 Å². The van der Waals surface area contributed by atoms with Crippen LogP contribution in [0.1, 0.15) is 51.7 Å². The molecule has 25 heavy (non-hydrogen) atoms. The van der Waals surface area contributed by atoms with Gasteiger partial charge >= 0.3 is 5.97 Å². The summed E-state index contributed by atoms with van der Waals surface area (Å²) in [6.07, 6.45) is 8.91. The number of carbonyl (C=O) groups is 1. The summed E-state index contributed by atoms with van der Waals surface area (Å²) in [5.41, 5.74) is 3.49. The van der Waals surface area contributed by atoms with Crippen LogP contribution in [0.25, 0.3) is 5.57 Å². The normalized spacial score (nSPS) is 12.2. The highest BCUT2D eigenvalue weighted by Crippen LogP contribution is 2.26. The van der Waals surface area contributed by atoms with Crippen molar-refractivity contribution in [2.45, 2.75) is 52.5 Å². The molecule has 0 N–H and O–H groups in total. The quantitative estimate of drug-likeness (QED) is 0.546. The van der Waals surface area contributed by atoms with Gasteiger partial charge in [-0.15, -0.1) is 0 Å². The van der Waals surface area contributed by atoms with Crippen LogP contribution in [-0.4, -0.2) is 22.1 Å². The number of aryl methyl sites for hydroxylation is 1. The van der Waals surface area contributed by atoms with Gasteiger partial charge in [0.2, 0.25) is 0 Å². The molecule has 0 aliphatic rings.